The van der Waals surface area contributed by atoms with E-state index < -0.39 is 13.9 Å². The van der Waals surface area contributed by atoms with Crippen LogP contribution < -0.4 is 9.64 Å². The third kappa shape index (κ3) is 6.47. The first-order valence-corrected chi connectivity index (χ1v) is 15.1. The molecule has 0 radical (unpaired) electrons. The fourth-order valence-electron chi connectivity index (χ4n) is 4.02. The smallest absolute Gasteiger partial charge is 0.251 e. The summed E-state index contributed by atoms with van der Waals surface area (Å²) >= 11 is 6.28. The van der Waals surface area contributed by atoms with Crippen LogP contribution in [0.5, 0.6) is 11.5 Å². The van der Waals surface area contributed by atoms with Crippen molar-refractivity contribution in [2.24, 2.45) is 0 Å². The molecular weight excluding hydrogens is 438 g/mol. The number of nitrogens with zero attached hydrogens (tertiary/aromatic N) is 1. The average molecular weight is 472 g/mol. The number of unbranched alkanes of at least 4 members (excludes halogenated alkanes) is 2. The zero-order valence-corrected chi connectivity index (χ0v) is 21.5. The molecule has 0 bridgehead atoms. The quantitative estimate of drug-likeness (QED) is 0.224. The third-order valence-electron chi connectivity index (χ3n) is 5.39. The van der Waals surface area contributed by atoms with Crippen LogP contribution in [-0.2, 0) is 15.8 Å². The van der Waals surface area contributed by atoms with Gasteiger partial charge in [0.25, 0.3) is 5.91 Å². The number of para-hydroxylation sites is 1. The highest BCUT2D eigenvalue weighted by Crippen LogP contribution is 2.40. The number of ether oxygens (including phenoxy) is 1. The van der Waals surface area contributed by atoms with Gasteiger partial charge in [0, 0.05) is 16.7 Å². The van der Waals surface area contributed by atoms with Crippen molar-refractivity contribution in [1.29, 1.82) is 0 Å². The Bertz CT molecular complexity index is 985. The van der Waals surface area contributed by atoms with Gasteiger partial charge in [0.05, 0.1) is 17.8 Å². The standard InChI is InChI=1S/C26H34ClNO3Si/c1-6-7-10-16-26(2,31-32(3,4)5)17-15-25(29)28-19-20-11-8-9-12-23(20)30-24-14-13-21(27)18-22(24)28/h8-9,11-15,17-18H,6-7,10,16,19H2,1-5H3/b17-15+. The topological polar surface area (TPSA) is 38.8 Å². The van der Waals surface area contributed by atoms with Crippen LogP contribution in [0.15, 0.2) is 54.6 Å². The highest BCUT2D eigenvalue weighted by Gasteiger charge is 2.30. The molecule has 0 N–H and O–H groups in total. The predicted molar refractivity (Wildman–Crippen MR) is 135 cm³/mol. The molecule has 172 valence electrons. The van der Waals surface area contributed by atoms with Gasteiger partial charge in [0.1, 0.15) is 5.75 Å². The normalized spacial score (nSPS) is 15.5. The molecule has 1 aliphatic rings. The number of carbonyl (C=O) groups excluding carboxylic acids is 1. The molecule has 3 rings (SSSR count). The Labute approximate surface area is 198 Å². The molecule has 1 unspecified atom stereocenters. The molecule has 2 aromatic carbocycles. The van der Waals surface area contributed by atoms with E-state index in [1.165, 1.54) is 0 Å². The minimum absolute atomic E-state index is 0.116. The maximum Gasteiger partial charge on any atom is 0.251 e. The minimum atomic E-state index is -1.80. The number of carbonyl (C=O) groups is 1. The molecule has 0 aliphatic carbocycles. The molecule has 32 heavy (non-hydrogen) atoms. The second-order valence-corrected chi connectivity index (χ2v) is 14.4. The Morgan fingerprint density at radius 1 is 1.19 bits per heavy atom. The molecule has 1 atom stereocenters. The lowest BCUT2D eigenvalue weighted by molar-refractivity contribution is -0.114. The minimum Gasteiger partial charge on any atom is -0.455 e. The van der Waals surface area contributed by atoms with Crippen LogP contribution in [0.2, 0.25) is 24.7 Å². The van der Waals surface area contributed by atoms with Gasteiger partial charge >= 0.3 is 0 Å². The van der Waals surface area contributed by atoms with Gasteiger partial charge in [-0.15, -0.1) is 0 Å². The molecule has 0 saturated heterocycles. The molecule has 0 spiro atoms. The van der Waals surface area contributed by atoms with Gasteiger partial charge in [-0.25, -0.2) is 0 Å². The Morgan fingerprint density at radius 3 is 2.66 bits per heavy atom. The first kappa shape index (κ1) is 24.6. The van der Waals surface area contributed by atoms with Crippen molar-refractivity contribution in [3.05, 3.63) is 65.2 Å². The fourth-order valence-corrected chi connectivity index (χ4v) is 5.76. The zero-order chi connectivity index (χ0) is 23.4. The number of hydrogen-bond donors (Lipinski definition) is 0. The molecule has 1 heterocycles. The SMILES string of the molecule is CCCCCC(C)(/C=C/C(=O)N1Cc2ccccc2Oc2ccc(Cl)cc21)O[Si](C)(C)C. The van der Waals surface area contributed by atoms with Crippen molar-refractivity contribution in [1.82, 2.24) is 0 Å². The van der Waals surface area contributed by atoms with Crippen molar-refractivity contribution in [3.8, 4) is 11.5 Å². The van der Waals surface area contributed by atoms with Crippen LogP contribution in [0.4, 0.5) is 5.69 Å². The highest BCUT2D eigenvalue weighted by atomic mass is 35.5. The van der Waals surface area contributed by atoms with Crippen LogP contribution in [0.3, 0.4) is 0 Å². The summed E-state index contributed by atoms with van der Waals surface area (Å²) in [7, 11) is -1.80. The van der Waals surface area contributed by atoms with Gasteiger partial charge in [-0.1, -0.05) is 56.0 Å². The summed E-state index contributed by atoms with van der Waals surface area (Å²) in [6.45, 7) is 11.2. The number of rotatable bonds is 8. The fraction of sp³-hybridized carbons (Fsp3) is 0.423. The molecule has 0 fully saturated rings. The lowest BCUT2D eigenvalue weighted by atomic mass is 9.97. The van der Waals surface area contributed by atoms with Crippen LogP contribution in [0, 0.1) is 0 Å². The van der Waals surface area contributed by atoms with Crippen molar-refractivity contribution < 1.29 is 14.0 Å². The second kappa shape index (κ2) is 10.2. The summed E-state index contributed by atoms with van der Waals surface area (Å²) in [5.74, 6) is 1.25. The van der Waals surface area contributed by atoms with Crippen LogP contribution in [0.25, 0.3) is 0 Å². The number of anilines is 1. The van der Waals surface area contributed by atoms with E-state index in [-0.39, 0.29) is 5.91 Å². The first-order valence-electron chi connectivity index (χ1n) is 11.4. The number of amides is 1. The first-order chi connectivity index (χ1) is 15.1. The summed E-state index contributed by atoms with van der Waals surface area (Å²) in [6, 6.07) is 13.2. The van der Waals surface area contributed by atoms with E-state index in [9.17, 15) is 4.79 Å². The summed E-state index contributed by atoms with van der Waals surface area (Å²) in [6.07, 6.45) is 7.87. The number of benzene rings is 2. The van der Waals surface area contributed by atoms with Gasteiger partial charge in [-0.05, 0) is 63.3 Å². The highest BCUT2D eigenvalue weighted by molar-refractivity contribution is 6.69. The molecule has 1 amide bonds. The third-order valence-corrected chi connectivity index (χ3v) is 6.71. The van der Waals surface area contributed by atoms with Crippen LogP contribution in [0.1, 0.15) is 45.1 Å². The molecule has 6 heteroatoms. The molecule has 1 aliphatic heterocycles. The van der Waals surface area contributed by atoms with Gasteiger partial charge in [0.2, 0.25) is 0 Å². The molecular formula is C26H34ClNO3Si. The summed E-state index contributed by atoms with van der Waals surface area (Å²) in [4.78, 5) is 15.2. The van der Waals surface area contributed by atoms with E-state index in [2.05, 4.69) is 33.5 Å². The molecule has 0 saturated carbocycles. The maximum absolute atomic E-state index is 13.5. The number of halogens is 1. The van der Waals surface area contributed by atoms with Gasteiger partial charge < -0.3 is 14.1 Å². The van der Waals surface area contributed by atoms with Gasteiger partial charge in [0.15, 0.2) is 14.1 Å². The lowest BCUT2D eigenvalue weighted by Gasteiger charge is -2.34. The maximum atomic E-state index is 13.5. The second-order valence-electron chi connectivity index (χ2n) is 9.56. The Hall–Kier alpha value is -2.08. The predicted octanol–water partition coefficient (Wildman–Crippen LogP) is 7.73. The van der Waals surface area contributed by atoms with E-state index in [0.29, 0.717) is 23.0 Å². The van der Waals surface area contributed by atoms with Gasteiger partial charge in [-0.3, -0.25) is 4.79 Å². The zero-order valence-electron chi connectivity index (χ0n) is 19.8. The summed E-state index contributed by atoms with van der Waals surface area (Å²) in [5.41, 5.74) is 1.15. The van der Waals surface area contributed by atoms with E-state index in [1.54, 1.807) is 23.1 Å². The van der Waals surface area contributed by atoms with Gasteiger partial charge in [-0.2, -0.15) is 0 Å². The Balaban J connectivity index is 1.92. The van der Waals surface area contributed by atoms with Crippen molar-refractivity contribution in [3.63, 3.8) is 0 Å². The van der Waals surface area contributed by atoms with Crippen molar-refractivity contribution >= 4 is 31.5 Å². The summed E-state index contributed by atoms with van der Waals surface area (Å²) < 4.78 is 12.6. The Kier molecular flexibility index (Phi) is 7.86. The average Bonchev–Trinajstić information content (AvgIpc) is 2.87. The largest absolute Gasteiger partial charge is 0.455 e. The number of fused-ring (bicyclic) bond motifs is 2. The van der Waals surface area contributed by atoms with Crippen LogP contribution in [-0.4, -0.2) is 19.8 Å². The van der Waals surface area contributed by atoms with Crippen LogP contribution >= 0.6 is 11.6 Å². The number of hydrogen-bond acceptors (Lipinski definition) is 3. The Morgan fingerprint density at radius 2 is 1.94 bits per heavy atom. The lowest BCUT2D eigenvalue weighted by Crippen LogP contribution is -2.39. The van der Waals surface area contributed by atoms with Crippen molar-refractivity contribution in [2.45, 2.75) is 71.3 Å². The monoisotopic (exact) mass is 471 g/mol. The van der Waals surface area contributed by atoms with E-state index in [0.717, 1.165) is 37.0 Å². The van der Waals surface area contributed by atoms with E-state index in [4.69, 9.17) is 20.8 Å². The van der Waals surface area contributed by atoms with E-state index in [1.807, 2.05) is 36.4 Å². The summed E-state index contributed by atoms with van der Waals surface area (Å²) in [5, 5.41) is 0.562. The molecule has 0 aromatic heterocycles. The van der Waals surface area contributed by atoms with Crippen molar-refractivity contribution in [2.75, 3.05) is 4.90 Å². The molecule has 2 aromatic rings. The molecule has 4 nitrogen and oxygen atoms in total. The van der Waals surface area contributed by atoms with E-state index >= 15 is 0 Å².